The molecule has 1 N–H and O–H groups in total. The predicted octanol–water partition coefficient (Wildman–Crippen LogP) is 4.52. The second-order valence-corrected chi connectivity index (χ2v) is 7.05. The van der Waals surface area contributed by atoms with Gasteiger partial charge in [-0.15, -0.1) is 0 Å². The van der Waals surface area contributed by atoms with Crippen molar-refractivity contribution in [1.82, 2.24) is 10.2 Å². The molecule has 0 saturated heterocycles. The molecule has 0 amide bonds. The lowest BCUT2D eigenvalue weighted by Gasteiger charge is -2.37. The fraction of sp³-hybridized carbons (Fsp3) is 0.273. The van der Waals surface area contributed by atoms with Crippen LogP contribution in [0.5, 0.6) is 5.75 Å². The van der Waals surface area contributed by atoms with Gasteiger partial charge in [0.15, 0.2) is 10.9 Å². The molecule has 1 aliphatic rings. The topological polar surface area (TPSA) is 41.6 Å². The molecule has 0 saturated carbocycles. The largest absolute Gasteiger partial charge is 0.489 e. The van der Waals surface area contributed by atoms with Crippen LogP contribution in [0.15, 0.2) is 59.8 Å². The van der Waals surface area contributed by atoms with E-state index in [1.54, 1.807) is 19.1 Å². The zero-order valence-electron chi connectivity index (χ0n) is 16.2. The number of Topliss-reactive ketones (excluding diaryl/α,β-unsaturated/α-hetero) is 1. The van der Waals surface area contributed by atoms with E-state index in [2.05, 4.69) is 5.32 Å². The van der Waals surface area contributed by atoms with Gasteiger partial charge in [0.05, 0.1) is 6.04 Å². The molecule has 1 atom stereocenters. The molecular weight excluding hydrogens is 375 g/mol. The molecule has 0 fully saturated rings. The van der Waals surface area contributed by atoms with E-state index in [1.165, 1.54) is 12.1 Å². The highest BCUT2D eigenvalue weighted by Crippen LogP contribution is 2.31. The molecule has 2 aromatic rings. The highest BCUT2D eigenvalue weighted by Gasteiger charge is 2.31. The van der Waals surface area contributed by atoms with E-state index in [0.717, 1.165) is 22.4 Å². The minimum Gasteiger partial charge on any atom is -0.489 e. The summed E-state index contributed by atoms with van der Waals surface area (Å²) in [5, 5.41) is 3.90. The summed E-state index contributed by atoms with van der Waals surface area (Å²) < 4.78 is 18.7. The van der Waals surface area contributed by atoms with Gasteiger partial charge in [-0.1, -0.05) is 24.3 Å². The molecule has 4 nitrogen and oxygen atoms in total. The van der Waals surface area contributed by atoms with Gasteiger partial charge >= 0.3 is 0 Å². The number of thiocarbonyl (C=S) groups is 1. The van der Waals surface area contributed by atoms with E-state index in [1.807, 2.05) is 43.0 Å². The summed E-state index contributed by atoms with van der Waals surface area (Å²) in [6, 6.07) is 13.5. The van der Waals surface area contributed by atoms with E-state index >= 15 is 0 Å². The Bertz CT molecular complexity index is 907. The van der Waals surface area contributed by atoms with Gasteiger partial charge in [0.25, 0.3) is 0 Å². The zero-order valence-corrected chi connectivity index (χ0v) is 17.0. The molecule has 1 aliphatic heterocycles. The molecular formula is C22H23FN2O2S. The Kier molecular flexibility index (Phi) is 6.09. The van der Waals surface area contributed by atoms with Crippen LogP contribution >= 0.6 is 12.2 Å². The maximum Gasteiger partial charge on any atom is 0.173 e. The van der Waals surface area contributed by atoms with Crippen molar-refractivity contribution in [2.24, 2.45) is 0 Å². The standard InChI is InChI=1S/C22H23FN2O2S/c1-4-25-14(2)20(15(3)26)21(24-22(25)28)17-7-11-19(12-8-17)27-13-16-5-9-18(23)10-6-16/h5-12,21H,4,13H2,1-3H3,(H,24,28). The molecule has 0 bridgehead atoms. The number of nitrogens with zero attached hydrogens (tertiary/aromatic N) is 1. The van der Waals surface area contributed by atoms with E-state index < -0.39 is 0 Å². The molecule has 2 aromatic carbocycles. The van der Waals surface area contributed by atoms with Crippen LogP contribution in [0, 0.1) is 5.82 Å². The molecule has 0 aliphatic carbocycles. The zero-order chi connectivity index (χ0) is 20.3. The number of allylic oxidation sites excluding steroid dienone is 1. The van der Waals surface area contributed by atoms with Gasteiger partial charge in [-0.3, -0.25) is 4.79 Å². The molecule has 0 spiro atoms. The van der Waals surface area contributed by atoms with Crippen LogP contribution < -0.4 is 10.1 Å². The number of carbonyl (C=O) groups is 1. The Balaban J connectivity index is 1.78. The first-order valence-electron chi connectivity index (χ1n) is 9.17. The van der Waals surface area contributed by atoms with Crippen LogP contribution in [-0.2, 0) is 11.4 Å². The number of hydrogen-bond acceptors (Lipinski definition) is 3. The number of benzene rings is 2. The number of ketones is 1. The van der Waals surface area contributed by atoms with Crippen LogP contribution in [0.3, 0.4) is 0 Å². The van der Waals surface area contributed by atoms with Gasteiger partial charge in [0.1, 0.15) is 18.2 Å². The van der Waals surface area contributed by atoms with E-state index in [0.29, 0.717) is 24.0 Å². The van der Waals surface area contributed by atoms with Crippen molar-refractivity contribution >= 4 is 23.1 Å². The van der Waals surface area contributed by atoms with Crippen molar-refractivity contribution in [3.8, 4) is 5.75 Å². The Hall–Kier alpha value is -2.73. The highest BCUT2D eigenvalue weighted by atomic mass is 32.1. The summed E-state index contributed by atoms with van der Waals surface area (Å²) in [7, 11) is 0. The van der Waals surface area contributed by atoms with E-state index in [9.17, 15) is 9.18 Å². The van der Waals surface area contributed by atoms with Crippen molar-refractivity contribution in [3.05, 3.63) is 76.7 Å². The second-order valence-electron chi connectivity index (χ2n) is 6.67. The average molecular weight is 399 g/mol. The summed E-state index contributed by atoms with van der Waals surface area (Å²) in [4.78, 5) is 14.2. The Labute approximate surface area is 170 Å². The van der Waals surface area contributed by atoms with Gasteiger partial charge < -0.3 is 15.0 Å². The van der Waals surface area contributed by atoms with E-state index in [4.69, 9.17) is 17.0 Å². The van der Waals surface area contributed by atoms with Gasteiger partial charge in [-0.25, -0.2) is 4.39 Å². The number of rotatable bonds is 6. The van der Waals surface area contributed by atoms with Crippen LogP contribution in [-0.4, -0.2) is 22.3 Å². The van der Waals surface area contributed by atoms with Gasteiger partial charge in [0, 0.05) is 17.8 Å². The summed E-state index contributed by atoms with van der Waals surface area (Å²) >= 11 is 5.47. The van der Waals surface area contributed by atoms with Crippen molar-refractivity contribution in [1.29, 1.82) is 0 Å². The Morgan fingerprint density at radius 3 is 2.39 bits per heavy atom. The van der Waals surface area contributed by atoms with Crippen molar-refractivity contribution in [2.75, 3.05) is 6.54 Å². The third-order valence-electron chi connectivity index (χ3n) is 4.82. The Morgan fingerprint density at radius 2 is 1.82 bits per heavy atom. The maximum absolute atomic E-state index is 13.0. The SMILES string of the molecule is CCN1C(=S)NC(c2ccc(OCc3ccc(F)cc3)cc2)C(C(C)=O)=C1C. The average Bonchev–Trinajstić information content (AvgIpc) is 2.67. The first kappa shape index (κ1) is 20.0. The monoisotopic (exact) mass is 398 g/mol. The lowest BCUT2D eigenvalue weighted by Crippen LogP contribution is -2.47. The van der Waals surface area contributed by atoms with Gasteiger partial charge in [0.2, 0.25) is 0 Å². The summed E-state index contributed by atoms with van der Waals surface area (Å²) in [6.45, 7) is 6.57. The Morgan fingerprint density at radius 1 is 1.18 bits per heavy atom. The van der Waals surface area contributed by atoms with Crippen molar-refractivity contribution < 1.29 is 13.9 Å². The molecule has 6 heteroatoms. The fourth-order valence-corrected chi connectivity index (χ4v) is 3.76. The fourth-order valence-electron chi connectivity index (χ4n) is 3.37. The highest BCUT2D eigenvalue weighted by molar-refractivity contribution is 7.80. The number of hydrogen-bond donors (Lipinski definition) is 1. The second kappa shape index (κ2) is 8.52. The van der Waals surface area contributed by atoms with Crippen LogP contribution in [0.1, 0.15) is 37.9 Å². The molecule has 3 rings (SSSR count). The molecule has 28 heavy (non-hydrogen) atoms. The quantitative estimate of drug-likeness (QED) is 0.725. The summed E-state index contributed by atoms with van der Waals surface area (Å²) in [5.41, 5.74) is 3.44. The van der Waals surface area contributed by atoms with Crippen LogP contribution in [0.2, 0.25) is 0 Å². The maximum atomic E-state index is 13.0. The first-order chi connectivity index (χ1) is 13.4. The summed E-state index contributed by atoms with van der Waals surface area (Å²) in [6.07, 6.45) is 0. The third-order valence-corrected chi connectivity index (χ3v) is 5.16. The van der Waals surface area contributed by atoms with Gasteiger partial charge in [-0.2, -0.15) is 0 Å². The minimum atomic E-state index is -0.279. The molecule has 0 aromatic heterocycles. The normalized spacial score (nSPS) is 16.8. The predicted molar refractivity (Wildman–Crippen MR) is 111 cm³/mol. The lowest BCUT2D eigenvalue weighted by molar-refractivity contribution is -0.114. The number of carbonyl (C=O) groups excluding carboxylic acids is 1. The number of halogens is 1. The molecule has 1 unspecified atom stereocenters. The minimum absolute atomic E-state index is 0.0209. The smallest absolute Gasteiger partial charge is 0.173 e. The molecule has 1 heterocycles. The number of nitrogens with one attached hydrogen (secondary N) is 1. The van der Waals surface area contributed by atoms with Crippen molar-refractivity contribution in [3.63, 3.8) is 0 Å². The van der Waals surface area contributed by atoms with Crippen LogP contribution in [0.4, 0.5) is 4.39 Å². The lowest BCUT2D eigenvalue weighted by atomic mass is 9.92. The van der Waals surface area contributed by atoms with Crippen molar-refractivity contribution in [2.45, 2.75) is 33.4 Å². The summed E-state index contributed by atoms with van der Waals surface area (Å²) in [5.74, 6) is 0.455. The number of ether oxygens (including phenoxy) is 1. The van der Waals surface area contributed by atoms with Crippen LogP contribution in [0.25, 0.3) is 0 Å². The van der Waals surface area contributed by atoms with E-state index in [-0.39, 0.29) is 17.6 Å². The molecule has 146 valence electrons. The third kappa shape index (κ3) is 4.22. The molecule has 0 radical (unpaired) electrons. The van der Waals surface area contributed by atoms with Gasteiger partial charge in [-0.05, 0) is 68.4 Å². The first-order valence-corrected chi connectivity index (χ1v) is 9.58.